The molecule has 0 aliphatic carbocycles. The summed E-state index contributed by atoms with van der Waals surface area (Å²) in [7, 11) is 0. The second-order valence-electron chi connectivity index (χ2n) is 6.07. The Labute approximate surface area is 146 Å². The van der Waals surface area contributed by atoms with Crippen molar-refractivity contribution in [2.24, 2.45) is 0 Å². The van der Waals surface area contributed by atoms with Gasteiger partial charge in [-0.1, -0.05) is 26.0 Å². The number of carbonyl (C=O) groups is 4. The number of carbonyl (C=O) groups excluding carboxylic acids is 4. The van der Waals surface area contributed by atoms with E-state index in [4.69, 9.17) is 0 Å². The quantitative estimate of drug-likeness (QED) is 0.675. The summed E-state index contributed by atoms with van der Waals surface area (Å²) in [4.78, 5) is 46.7. The molecule has 7 heteroatoms. The Kier molecular flexibility index (Phi) is 5.90. The van der Waals surface area contributed by atoms with Crippen LogP contribution in [0.15, 0.2) is 24.3 Å². The van der Waals surface area contributed by atoms with Crippen LogP contribution < -0.4 is 16.0 Å². The summed E-state index contributed by atoms with van der Waals surface area (Å²) in [5.74, 6) is -1.02. The van der Waals surface area contributed by atoms with Gasteiger partial charge >= 0.3 is 0 Å². The lowest BCUT2D eigenvalue weighted by molar-refractivity contribution is -0.138. The number of hydrogen-bond acceptors (Lipinski definition) is 4. The van der Waals surface area contributed by atoms with Crippen LogP contribution in [0.4, 0.5) is 5.69 Å². The van der Waals surface area contributed by atoms with Gasteiger partial charge in [-0.05, 0) is 30.5 Å². The van der Waals surface area contributed by atoms with E-state index in [9.17, 15) is 19.2 Å². The molecule has 0 bridgehead atoms. The van der Waals surface area contributed by atoms with E-state index in [1.165, 1.54) is 0 Å². The normalized spacial score (nSPS) is 19.9. The van der Waals surface area contributed by atoms with E-state index in [2.05, 4.69) is 16.0 Å². The van der Waals surface area contributed by atoms with Gasteiger partial charge in [0.15, 0.2) is 0 Å². The Balaban J connectivity index is 2.06. The van der Waals surface area contributed by atoms with Crippen LogP contribution in [0.25, 0.3) is 0 Å². The second-order valence-corrected chi connectivity index (χ2v) is 6.07. The molecular formula is C18H23N3O4. The SMILES string of the molecule is CCC(=O)NCC(=O)Nc1ccc([C@@]2(CC)CCC(=O)NC2=O)cc1. The van der Waals surface area contributed by atoms with E-state index >= 15 is 0 Å². The fourth-order valence-corrected chi connectivity index (χ4v) is 2.95. The van der Waals surface area contributed by atoms with Gasteiger partial charge in [-0.3, -0.25) is 24.5 Å². The first-order chi connectivity index (χ1) is 11.9. The maximum absolute atomic E-state index is 12.4. The number of rotatable bonds is 6. The van der Waals surface area contributed by atoms with Crippen molar-refractivity contribution in [3.05, 3.63) is 29.8 Å². The van der Waals surface area contributed by atoms with Crippen molar-refractivity contribution in [2.45, 2.75) is 44.9 Å². The van der Waals surface area contributed by atoms with Gasteiger partial charge < -0.3 is 10.6 Å². The predicted molar refractivity (Wildman–Crippen MR) is 92.7 cm³/mol. The van der Waals surface area contributed by atoms with Crippen molar-refractivity contribution < 1.29 is 19.2 Å². The third kappa shape index (κ3) is 4.23. The molecule has 1 heterocycles. The number of benzene rings is 1. The third-order valence-electron chi connectivity index (χ3n) is 4.56. The molecule has 0 aromatic heterocycles. The zero-order valence-electron chi connectivity index (χ0n) is 14.5. The number of amides is 4. The fourth-order valence-electron chi connectivity index (χ4n) is 2.95. The third-order valence-corrected chi connectivity index (χ3v) is 4.56. The predicted octanol–water partition coefficient (Wildman–Crippen LogP) is 1.24. The molecule has 1 aliphatic rings. The number of nitrogens with one attached hydrogen (secondary N) is 3. The molecule has 1 atom stereocenters. The van der Waals surface area contributed by atoms with Crippen molar-refractivity contribution >= 4 is 29.3 Å². The lowest BCUT2D eigenvalue weighted by Gasteiger charge is -2.35. The topological polar surface area (TPSA) is 104 Å². The average molecular weight is 345 g/mol. The average Bonchev–Trinajstić information content (AvgIpc) is 2.61. The van der Waals surface area contributed by atoms with Crippen molar-refractivity contribution in [3.63, 3.8) is 0 Å². The van der Waals surface area contributed by atoms with Gasteiger partial charge in [0.2, 0.25) is 23.6 Å². The molecular weight excluding hydrogens is 322 g/mol. The monoisotopic (exact) mass is 345 g/mol. The summed E-state index contributed by atoms with van der Waals surface area (Å²) in [6, 6.07) is 7.02. The Bertz CT molecular complexity index is 684. The molecule has 1 fully saturated rings. The molecule has 3 N–H and O–H groups in total. The summed E-state index contributed by atoms with van der Waals surface area (Å²) in [6.45, 7) is 3.55. The van der Waals surface area contributed by atoms with E-state index < -0.39 is 5.41 Å². The van der Waals surface area contributed by atoms with Gasteiger partial charge in [0.1, 0.15) is 0 Å². The minimum Gasteiger partial charge on any atom is -0.347 e. The molecule has 1 saturated heterocycles. The maximum atomic E-state index is 12.4. The Hall–Kier alpha value is -2.70. The maximum Gasteiger partial charge on any atom is 0.243 e. The molecule has 4 amide bonds. The van der Waals surface area contributed by atoms with Crippen LogP contribution in [-0.4, -0.2) is 30.2 Å². The number of hydrogen-bond donors (Lipinski definition) is 3. The lowest BCUT2D eigenvalue weighted by Crippen LogP contribution is -2.51. The van der Waals surface area contributed by atoms with E-state index in [1.807, 2.05) is 6.92 Å². The molecule has 25 heavy (non-hydrogen) atoms. The summed E-state index contributed by atoms with van der Waals surface area (Å²) in [6.07, 6.45) is 1.70. The smallest absolute Gasteiger partial charge is 0.243 e. The molecule has 0 saturated carbocycles. The van der Waals surface area contributed by atoms with E-state index in [0.29, 0.717) is 31.4 Å². The molecule has 0 spiro atoms. The number of anilines is 1. The summed E-state index contributed by atoms with van der Waals surface area (Å²) >= 11 is 0. The Morgan fingerprint density at radius 1 is 1.12 bits per heavy atom. The largest absolute Gasteiger partial charge is 0.347 e. The van der Waals surface area contributed by atoms with Gasteiger partial charge in [-0.2, -0.15) is 0 Å². The highest BCUT2D eigenvalue weighted by atomic mass is 16.2. The standard InChI is InChI=1S/C18H23N3O4/c1-3-14(22)19-11-16(24)20-13-7-5-12(6-8-13)18(4-2)10-9-15(23)21-17(18)25/h5-8H,3-4,9-11H2,1-2H3,(H,19,22)(H,20,24)(H,21,23,25)/t18-/m1/s1. The van der Waals surface area contributed by atoms with E-state index in [-0.39, 0.29) is 30.2 Å². The van der Waals surface area contributed by atoms with Gasteiger partial charge in [0.25, 0.3) is 0 Å². The number of piperidine rings is 1. The Morgan fingerprint density at radius 2 is 1.80 bits per heavy atom. The minimum absolute atomic E-state index is 0.0855. The van der Waals surface area contributed by atoms with Crippen LogP contribution in [0.2, 0.25) is 0 Å². The molecule has 134 valence electrons. The van der Waals surface area contributed by atoms with Crippen molar-refractivity contribution in [1.29, 1.82) is 0 Å². The summed E-state index contributed by atoms with van der Waals surface area (Å²) < 4.78 is 0. The zero-order chi connectivity index (χ0) is 18.4. The van der Waals surface area contributed by atoms with Gasteiger partial charge in [0.05, 0.1) is 12.0 Å². The van der Waals surface area contributed by atoms with Crippen molar-refractivity contribution in [1.82, 2.24) is 10.6 Å². The van der Waals surface area contributed by atoms with Crippen LogP contribution in [-0.2, 0) is 24.6 Å². The van der Waals surface area contributed by atoms with Crippen LogP contribution in [0.1, 0.15) is 45.1 Å². The first-order valence-electron chi connectivity index (χ1n) is 8.42. The van der Waals surface area contributed by atoms with Crippen molar-refractivity contribution in [2.75, 3.05) is 11.9 Å². The highest BCUT2D eigenvalue weighted by Gasteiger charge is 2.42. The first-order valence-corrected chi connectivity index (χ1v) is 8.42. The van der Waals surface area contributed by atoms with Crippen LogP contribution >= 0.6 is 0 Å². The number of imide groups is 1. The molecule has 0 unspecified atom stereocenters. The van der Waals surface area contributed by atoms with Crippen LogP contribution in [0.3, 0.4) is 0 Å². The van der Waals surface area contributed by atoms with Gasteiger partial charge in [0, 0.05) is 18.5 Å². The molecule has 2 rings (SSSR count). The van der Waals surface area contributed by atoms with Crippen LogP contribution in [0, 0.1) is 0 Å². The molecule has 1 aliphatic heterocycles. The summed E-state index contributed by atoms with van der Waals surface area (Å²) in [5, 5.41) is 7.61. The van der Waals surface area contributed by atoms with E-state index in [1.54, 1.807) is 31.2 Å². The van der Waals surface area contributed by atoms with Crippen LogP contribution in [0.5, 0.6) is 0 Å². The minimum atomic E-state index is -0.717. The molecule has 1 aromatic rings. The van der Waals surface area contributed by atoms with Crippen molar-refractivity contribution in [3.8, 4) is 0 Å². The molecule has 1 aromatic carbocycles. The summed E-state index contributed by atoms with van der Waals surface area (Å²) in [5.41, 5.74) is 0.682. The molecule has 0 radical (unpaired) electrons. The van der Waals surface area contributed by atoms with Gasteiger partial charge in [-0.15, -0.1) is 0 Å². The molecule has 7 nitrogen and oxygen atoms in total. The highest BCUT2D eigenvalue weighted by molar-refractivity contribution is 6.03. The van der Waals surface area contributed by atoms with Gasteiger partial charge in [-0.25, -0.2) is 0 Å². The zero-order valence-corrected chi connectivity index (χ0v) is 14.5. The lowest BCUT2D eigenvalue weighted by atomic mass is 9.72. The second kappa shape index (κ2) is 7.92. The fraction of sp³-hybridized carbons (Fsp3) is 0.444. The Morgan fingerprint density at radius 3 is 2.36 bits per heavy atom. The van der Waals surface area contributed by atoms with E-state index in [0.717, 1.165) is 5.56 Å². The first kappa shape index (κ1) is 18.6. The highest BCUT2D eigenvalue weighted by Crippen LogP contribution is 2.36.